The van der Waals surface area contributed by atoms with E-state index in [0.717, 1.165) is 19.5 Å². The third-order valence-electron chi connectivity index (χ3n) is 4.51. The molecule has 3 heterocycles. The van der Waals surface area contributed by atoms with E-state index in [4.69, 9.17) is 0 Å². The Labute approximate surface area is 126 Å². The quantitative estimate of drug-likeness (QED) is 0.611. The molecule has 6 nitrogen and oxygen atoms in total. The van der Waals surface area contributed by atoms with Crippen molar-refractivity contribution in [3.63, 3.8) is 0 Å². The standard InChI is InChI=1S/C13H17BrN4O2/c1-16-9-2-3-10(16)8-17(5-4-9)13-11(14)6-15-7-12(13)18(19)20/h6-7,9-10H,2-5,8H2,1H3/t9-,10-/m0/s1. The van der Waals surface area contributed by atoms with Crippen LogP contribution < -0.4 is 4.90 Å². The van der Waals surface area contributed by atoms with Gasteiger partial charge in [-0.25, -0.2) is 0 Å². The number of rotatable bonds is 2. The predicted octanol–water partition coefficient (Wildman–Crippen LogP) is 2.43. The number of aromatic nitrogens is 1. The van der Waals surface area contributed by atoms with E-state index < -0.39 is 0 Å². The summed E-state index contributed by atoms with van der Waals surface area (Å²) in [4.78, 5) is 19.4. The fraction of sp³-hybridized carbons (Fsp3) is 0.615. The first-order valence-electron chi connectivity index (χ1n) is 6.82. The maximum absolute atomic E-state index is 11.2. The van der Waals surface area contributed by atoms with Gasteiger partial charge in [0.15, 0.2) is 0 Å². The van der Waals surface area contributed by atoms with Gasteiger partial charge >= 0.3 is 5.69 Å². The molecule has 0 aromatic carbocycles. The fourth-order valence-electron chi connectivity index (χ4n) is 3.38. The highest BCUT2D eigenvalue weighted by molar-refractivity contribution is 9.10. The zero-order valence-corrected chi connectivity index (χ0v) is 12.9. The van der Waals surface area contributed by atoms with Crippen LogP contribution >= 0.6 is 15.9 Å². The molecule has 0 aliphatic carbocycles. The number of hydrogen-bond donors (Lipinski definition) is 0. The minimum absolute atomic E-state index is 0.0831. The Bertz CT molecular complexity index is 539. The summed E-state index contributed by atoms with van der Waals surface area (Å²) in [5, 5.41) is 11.2. The first-order valence-corrected chi connectivity index (χ1v) is 7.62. The van der Waals surface area contributed by atoms with Gasteiger partial charge in [0, 0.05) is 31.4 Å². The number of likely N-dealkylation sites (N-methyl/N-ethyl adjacent to an activating group) is 1. The molecular weight excluding hydrogens is 324 g/mol. The van der Waals surface area contributed by atoms with Crippen LogP contribution in [0.25, 0.3) is 0 Å². The van der Waals surface area contributed by atoms with Crippen LogP contribution in [0.15, 0.2) is 16.9 Å². The summed E-state index contributed by atoms with van der Waals surface area (Å²) in [5.41, 5.74) is 0.755. The number of fused-ring (bicyclic) bond motifs is 2. The van der Waals surface area contributed by atoms with Crippen LogP contribution in [0, 0.1) is 10.1 Å². The van der Waals surface area contributed by atoms with Crippen molar-refractivity contribution in [2.24, 2.45) is 0 Å². The van der Waals surface area contributed by atoms with Crippen molar-refractivity contribution in [1.82, 2.24) is 9.88 Å². The lowest BCUT2D eigenvalue weighted by atomic mass is 10.1. The summed E-state index contributed by atoms with van der Waals surface area (Å²) in [7, 11) is 2.17. The molecule has 2 bridgehead atoms. The van der Waals surface area contributed by atoms with Gasteiger partial charge in [-0.15, -0.1) is 0 Å². The average Bonchev–Trinajstić information content (AvgIpc) is 2.64. The Morgan fingerprint density at radius 2 is 2.10 bits per heavy atom. The molecule has 2 fully saturated rings. The highest BCUT2D eigenvalue weighted by Crippen LogP contribution is 2.38. The van der Waals surface area contributed by atoms with Gasteiger partial charge in [-0.3, -0.25) is 20.0 Å². The molecule has 0 amide bonds. The maximum Gasteiger partial charge on any atom is 0.311 e. The fourth-order valence-corrected chi connectivity index (χ4v) is 3.95. The van der Waals surface area contributed by atoms with Crippen LogP contribution in [0.2, 0.25) is 0 Å². The molecule has 0 saturated carbocycles. The number of hydrogen-bond acceptors (Lipinski definition) is 5. The highest BCUT2D eigenvalue weighted by atomic mass is 79.9. The molecule has 2 saturated heterocycles. The molecule has 0 N–H and O–H groups in total. The van der Waals surface area contributed by atoms with Crippen molar-refractivity contribution in [3.8, 4) is 0 Å². The van der Waals surface area contributed by atoms with E-state index in [1.165, 1.54) is 19.0 Å². The molecule has 1 aromatic heterocycles. The predicted molar refractivity (Wildman–Crippen MR) is 80.0 cm³/mol. The normalized spacial score (nSPS) is 26.6. The summed E-state index contributed by atoms with van der Waals surface area (Å²) < 4.78 is 0.701. The Hall–Kier alpha value is -1.21. The van der Waals surface area contributed by atoms with Gasteiger partial charge in [0.2, 0.25) is 0 Å². The van der Waals surface area contributed by atoms with E-state index in [1.54, 1.807) is 6.20 Å². The maximum atomic E-state index is 11.2. The Balaban J connectivity index is 1.95. The minimum atomic E-state index is -0.347. The zero-order chi connectivity index (χ0) is 14.3. The largest absolute Gasteiger partial charge is 0.363 e. The molecule has 0 spiro atoms. The molecule has 2 aliphatic heterocycles. The average molecular weight is 341 g/mol. The summed E-state index contributed by atoms with van der Waals surface area (Å²) in [6.45, 7) is 1.70. The molecule has 1 aromatic rings. The van der Waals surface area contributed by atoms with Gasteiger partial charge in [-0.1, -0.05) is 0 Å². The molecule has 20 heavy (non-hydrogen) atoms. The van der Waals surface area contributed by atoms with Crippen molar-refractivity contribution in [1.29, 1.82) is 0 Å². The van der Waals surface area contributed by atoms with E-state index in [9.17, 15) is 10.1 Å². The Morgan fingerprint density at radius 1 is 1.35 bits per heavy atom. The molecule has 0 radical (unpaired) electrons. The van der Waals surface area contributed by atoms with E-state index in [1.807, 2.05) is 0 Å². The first kappa shape index (κ1) is 13.8. The Kier molecular flexibility index (Phi) is 3.64. The van der Waals surface area contributed by atoms with Crippen LogP contribution in [-0.2, 0) is 0 Å². The van der Waals surface area contributed by atoms with Crippen LogP contribution in [0.4, 0.5) is 11.4 Å². The van der Waals surface area contributed by atoms with Crippen molar-refractivity contribution >= 4 is 27.3 Å². The van der Waals surface area contributed by atoms with Crippen molar-refractivity contribution in [2.45, 2.75) is 31.3 Å². The topological polar surface area (TPSA) is 62.5 Å². The molecule has 3 rings (SSSR count). The molecule has 2 aliphatic rings. The second kappa shape index (κ2) is 5.29. The minimum Gasteiger partial charge on any atom is -0.363 e. The van der Waals surface area contributed by atoms with Gasteiger partial charge in [0.25, 0.3) is 0 Å². The van der Waals surface area contributed by atoms with Gasteiger partial charge in [0.05, 0.1) is 9.40 Å². The summed E-state index contributed by atoms with van der Waals surface area (Å²) in [6.07, 6.45) is 6.45. The third-order valence-corrected chi connectivity index (χ3v) is 5.10. The van der Waals surface area contributed by atoms with Gasteiger partial charge < -0.3 is 4.90 Å². The lowest BCUT2D eigenvalue weighted by molar-refractivity contribution is -0.384. The molecule has 108 valence electrons. The zero-order valence-electron chi connectivity index (χ0n) is 11.3. The van der Waals surface area contributed by atoms with Crippen molar-refractivity contribution in [2.75, 3.05) is 25.0 Å². The number of nitro groups is 1. The van der Waals surface area contributed by atoms with E-state index in [2.05, 4.69) is 37.8 Å². The van der Waals surface area contributed by atoms with E-state index >= 15 is 0 Å². The van der Waals surface area contributed by atoms with Crippen LogP contribution in [0.3, 0.4) is 0 Å². The highest BCUT2D eigenvalue weighted by Gasteiger charge is 2.36. The summed E-state index contributed by atoms with van der Waals surface area (Å²) >= 11 is 3.42. The molecule has 7 heteroatoms. The second-order valence-corrected chi connectivity index (χ2v) is 6.39. The molecular formula is C13H17BrN4O2. The lowest BCUT2D eigenvalue weighted by Crippen LogP contribution is -2.37. The van der Waals surface area contributed by atoms with Crippen LogP contribution in [0.5, 0.6) is 0 Å². The smallest absolute Gasteiger partial charge is 0.311 e. The van der Waals surface area contributed by atoms with Crippen molar-refractivity contribution < 1.29 is 4.92 Å². The molecule has 2 atom stereocenters. The number of halogens is 1. The van der Waals surface area contributed by atoms with Gasteiger partial charge in [-0.2, -0.15) is 0 Å². The second-order valence-electron chi connectivity index (χ2n) is 5.53. The first-order chi connectivity index (χ1) is 9.58. The van der Waals surface area contributed by atoms with Crippen LogP contribution in [0.1, 0.15) is 19.3 Å². The number of anilines is 1. The van der Waals surface area contributed by atoms with Crippen molar-refractivity contribution in [3.05, 3.63) is 27.0 Å². The summed E-state index contributed by atoms with van der Waals surface area (Å²) in [6, 6.07) is 1.10. The van der Waals surface area contributed by atoms with Gasteiger partial charge in [0.1, 0.15) is 11.9 Å². The Morgan fingerprint density at radius 3 is 2.85 bits per heavy atom. The lowest BCUT2D eigenvalue weighted by Gasteiger charge is -2.27. The monoisotopic (exact) mass is 340 g/mol. The number of nitrogens with zero attached hydrogens (tertiary/aromatic N) is 4. The van der Waals surface area contributed by atoms with Gasteiger partial charge in [-0.05, 0) is 42.2 Å². The van der Waals surface area contributed by atoms with Crippen LogP contribution in [-0.4, -0.2) is 47.0 Å². The molecule has 0 unspecified atom stereocenters. The summed E-state index contributed by atoms with van der Waals surface area (Å²) in [5.74, 6) is 0. The van der Waals surface area contributed by atoms with E-state index in [0.29, 0.717) is 22.2 Å². The SMILES string of the molecule is CN1[C@H]2CC[C@H]1CN(c1c(Br)cncc1[N+](=O)[O-])CC2. The third kappa shape index (κ3) is 2.29. The number of pyridine rings is 1. The van der Waals surface area contributed by atoms with E-state index in [-0.39, 0.29) is 10.6 Å².